The van der Waals surface area contributed by atoms with Crippen LogP contribution in [0.15, 0.2) is 0 Å². The van der Waals surface area contributed by atoms with Crippen molar-refractivity contribution in [1.82, 2.24) is 0 Å². The van der Waals surface area contributed by atoms with Crippen LogP contribution in [0, 0.1) is 5.92 Å². The molecule has 3 atom stereocenters. The Bertz CT molecular complexity index is 362. The maximum Gasteiger partial charge on any atom is 0.148 e. The summed E-state index contributed by atoms with van der Waals surface area (Å²) in [7, 11) is -3.00. The zero-order chi connectivity index (χ0) is 12.5. The van der Waals surface area contributed by atoms with Gasteiger partial charge < -0.3 is 15.2 Å². The molecule has 0 aromatic rings. The average molecular weight is 263 g/mol. The van der Waals surface area contributed by atoms with Gasteiger partial charge in [0.15, 0.2) is 0 Å². The minimum atomic E-state index is -3.00. The highest BCUT2D eigenvalue weighted by molar-refractivity contribution is 7.90. The monoisotopic (exact) mass is 263 g/mol. The van der Waals surface area contributed by atoms with E-state index in [1.807, 2.05) is 0 Å². The molecule has 2 N–H and O–H groups in total. The van der Waals surface area contributed by atoms with Gasteiger partial charge in [0.05, 0.1) is 18.0 Å². The van der Waals surface area contributed by atoms with E-state index in [1.165, 1.54) is 6.26 Å². The second-order valence-corrected chi connectivity index (χ2v) is 7.53. The summed E-state index contributed by atoms with van der Waals surface area (Å²) in [5.41, 5.74) is 5.81. The number of sulfone groups is 1. The Balaban J connectivity index is 1.97. The lowest BCUT2D eigenvalue weighted by atomic mass is 9.82. The highest BCUT2D eigenvalue weighted by Crippen LogP contribution is 2.36. The van der Waals surface area contributed by atoms with E-state index in [0.29, 0.717) is 13.2 Å². The normalized spacial score (nSPS) is 36.2. The molecule has 2 aliphatic heterocycles. The second-order valence-electron chi connectivity index (χ2n) is 5.34. The molecule has 2 fully saturated rings. The Morgan fingerprint density at radius 2 is 2.24 bits per heavy atom. The first-order chi connectivity index (χ1) is 7.90. The lowest BCUT2D eigenvalue weighted by Crippen LogP contribution is -2.47. The summed E-state index contributed by atoms with van der Waals surface area (Å²) in [6, 6.07) is -0.286. The fourth-order valence-electron chi connectivity index (χ4n) is 2.78. The maximum absolute atomic E-state index is 11.3. The molecular weight excluding hydrogens is 242 g/mol. The Morgan fingerprint density at radius 3 is 2.82 bits per heavy atom. The minimum absolute atomic E-state index is 0.0641. The highest BCUT2D eigenvalue weighted by atomic mass is 32.2. The van der Waals surface area contributed by atoms with Crippen molar-refractivity contribution in [3.05, 3.63) is 0 Å². The molecule has 0 amide bonds. The molecule has 0 aromatic carbocycles. The van der Waals surface area contributed by atoms with Gasteiger partial charge in [0.25, 0.3) is 0 Å². The first-order valence-electron chi connectivity index (χ1n) is 6.05. The molecule has 5 nitrogen and oxygen atoms in total. The van der Waals surface area contributed by atoms with Gasteiger partial charge in [0, 0.05) is 31.9 Å². The van der Waals surface area contributed by atoms with Crippen molar-refractivity contribution in [2.75, 3.05) is 31.8 Å². The van der Waals surface area contributed by atoms with Gasteiger partial charge in [-0.05, 0) is 18.8 Å². The van der Waals surface area contributed by atoms with E-state index >= 15 is 0 Å². The molecule has 0 radical (unpaired) electrons. The number of rotatable bonds is 3. The molecule has 3 unspecified atom stereocenters. The predicted octanol–water partition coefficient (Wildman–Crippen LogP) is -0.0560. The van der Waals surface area contributed by atoms with Gasteiger partial charge in [0.1, 0.15) is 9.84 Å². The molecule has 2 saturated heterocycles. The lowest BCUT2D eigenvalue weighted by Gasteiger charge is -2.39. The van der Waals surface area contributed by atoms with Gasteiger partial charge in [0.2, 0.25) is 0 Å². The fraction of sp³-hybridized carbons (Fsp3) is 1.00. The fourth-order valence-corrected chi connectivity index (χ4v) is 3.75. The van der Waals surface area contributed by atoms with E-state index in [4.69, 9.17) is 15.2 Å². The molecule has 0 bridgehead atoms. The molecule has 100 valence electrons. The van der Waals surface area contributed by atoms with Crippen LogP contribution in [0.1, 0.15) is 19.3 Å². The smallest absolute Gasteiger partial charge is 0.148 e. The number of ether oxygens (including phenoxy) is 2. The molecule has 2 heterocycles. The molecule has 2 aliphatic rings. The third-order valence-electron chi connectivity index (χ3n) is 3.70. The average Bonchev–Trinajstić information content (AvgIpc) is 2.64. The SMILES string of the molecule is CS(=O)(=O)CC(N)C1CCOC2(CCOC2)C1. The summed E-state index contributed by atoms with van der Waals surface area (Å²) in [6.45, 7) is 2.01. The van der Waals surface area contributed by atoms with Crippen molar-refractivity contribution in [1.29, 1.82) is 0 Å². The molecule has 0 saturated carbocycles. The Labute approximate surface area is 103 Å². The van der Waals surface area contributed by atoms with Gasteiger partial charge in [-0.1, -0.05) is 0 Å². The molecule has 1 spiro atoms. The molecule has 0 aliphatic carbocycles. The summed E-state index contributed by atoms with van der Waals surface area (Å²) in [4.78, 5) is 0. The number of nitrogens with two attached hydrogens (primary N) is 1. The zero-order valence-corrected chi connectivity index (χ0v) is 11.0. The quantitative estimate of drug-likeness (QED) is 0.772. The van der Waals surface area contributed by atoms with E-state index in [9.17, 15) is 8.42 Å². The first kappa shape index (κ1) is 13.3. The summed E-state index contributed by atoms with van der Waals surface area (Å²) < 4.78 is 33.7. The lowest BCUT2D eigenvalue weighted by molar-refractivity contribution is -0.100. The number of hydrogen-bond acceptors (Lipinski definition) is 5. The van der Waals surface area contributed by atoms with Crippen LogP contribution in [0.3, 0.4) is 0 Å². The van der Waals surface area contributed by atoms with Gasteiger partial charge in [-0.25, -0.2) is 8.42 Å². The van der Waals surface area contributed by atoms with Crippen LogP contribution in [0.25, 0.3) is 0 Å². The second kappa shape index (κ2) is 4.84. The summed E-state index contributed by atoms with van der Waals surface area (Å²) >= 11 is 0. The van der Waals surface area contributed by atoms with E-state index in [0.717, 1.165) is 25.9 Å². The van der Waals surface area contributed by atoms with Crippen LogP contribution in [-0.4, -0.2) is 51.9 Å². The van der Waals surface area contributed by atoms with Crippen LogP contribution in [0.2, 0.25) is 0 Å². The standard InChI is InChI=1S/C11H21NO4S/c1-17(13,14)7-10(12)9-2-4-16-11(6-9)3-5-15-8-11/h9-10H,2-8,12H2,1H3. The van der Waals surface area contributed by atoms with Crippen molar-refractivity contribution in [2.45, 2.75) is 30.9 Å². The third kappa shape index (κ3) is 3.40. The molecular formula is C11H21NO4S. The molecule has 0 aromatic heterocycles. The zero-order valence-electron chi connectivity index (χ0n) is 10.2. The van der Waals surface area contributed by atoms with E-state index in [2.05, 4.69) is 0 Å². The summed E-state index contributed by atoms with van der Waals surface area (Å²) in [5, 5.41) is 0. The van der Waals surface area contributed by atoms with Gasteiger partial charge in [-0.15, -0.1) is 0 Å². The van der Waals surface area contributed by atoms with Crippen LogP contribution in [-0.2, 0) is 19.3 Å². The Hall–Kier alpha value is -0.170. The van der Waals surface area contributed by atoms with Crippen molar-refractivity contribution < 1.29 is 17.9 Å². The topological polar surface area (TPSA) is 78.6 Å². The largest absolute Gasteiger partial charge is 0.378 e. The predicted molar refractivity (Wildman–Crippen MR) is 64.5 cm³/mol. The van der Waals surface area contributed by atoms with Crippen LogP contribution in [0.4, 0.5) is 0 Å². The first-order valence-corrected chi connectivity index (χ1v) is 8.11. The van der Waals surface area contributed by atoms with E-state index in [-0.39, 0.29) is 23.3 Å². The van der Waals surface area contributed by atoms with Gasteiger partial charge >= 0.3 is 0 Å². The Morgan fingerprint density at radius 1 is 1.47 bits per heavy atom. The van der Waals surface area contributed by atoms with Crippen LogP contribution >= 0.6 is 0 Å². The van der Waals surface area contributed by atoms with E-state index < -0.39 is 9.84 Å². The summed E-state index contributed by atoms with van der Waals surface area (Å²) in [6.07, 6.45) is 3.80. The highest BCUT2D eigenvalue weighted by Gasteiger charge is 2.42. The van der Waals surface area contributed by atoms with E-state index in [1.54, 1.807) is 0 Å². The van der Waals surface area contributed by atoms with Gasteiger partial charge in [-0.3, -0.25) is 0 Å². The van der Waals surface area contributed by atoms with Crippen molar-refractivity contribution in [3.63, 3.8) is 0 Å². The van der Waals surface area contributed by atoms with Crippen molar-refractivity contribution in [3.8, 4) is 0 Å². The maximum atomic E-state index is 11.3. The van der Waals surface area contributed by atoms with Gasteiger partial charge in [-0.2, -0.15) is 0 Å². The van der Waals surface area contributed by atoms with Crippen LogP contribution < -0.4 is 5.73 Å². The Kier molecular flexibility index (Phi) is 3.77. The van der Waals surface area contributed by atoms with Crippen LogP contribution in [0.5, 0.6) is 0 Å². The van der Waals surface area contributed by atoms with Crippen molar-refractivity contribution in [2.24, 2.45) is 11.7 Å². The molecule has 6 heteroatoms. The third-order valence-corrected chi connectivity index (χ3v) is 4.69. The number of hydrogen-bond donors (Lipinski definition) is 1. The molecule has 17 heavy (non-hydrogen) atoms. The molecule has 2 rings (SSSR count). The minimum Gasteiger partial charge on any atom is -0.378 e. The van der Waals surface area contributed by atoms with Crippen molar-refractivity contribution >= 4 is 9.84 Å². The summed E-state index contributed by atoms with van der Waals surface area (Å²) in [5.74, 6) is 0.286.